The molecule has 2 aromatic carbocycles. The number of rotatable bonds is 6. The third-order valence-electron chi connectivity index (χ3n) is 3.57. The van der Waals surface area contributed by atoms with E-state index >= 15 is 0 Å². The summed E-state index contributed by atoms with van der Waals surface area (Å²) in [6, 6.07) is 10.9. The van der Waals surface area contributed by atoms with E-state index in [4.69, 9.17) is 27.9 Å². The molecule has 0 saturated carbocycles. The molecule has 0 aromatic heterocycles. The number of hydrogen-bond acceptors (Lipinski definition) is 2. The van der Waals surface area contributed by atoms with Gasteiger partial charge in [-0.05, 0) is 55.7 Å². The molecule has 5 heteroatoms. The Morgan fingerprint density at radius 1 is 1.17 bits per heavy atom. The van der Waals surface area contributed by atoms with Gasteiger partial charge in [-0.2, -0.15) is 0 Å². The van der Waals surface area contributed by atoms with Crippen LogP contribution in [0, 0.1) is 13.8 Å². The normalized spacial score (nSPS) is 10.4. The van der Waals surface area contributed by atoms with Crippen LogP contribution in [-0.4, -0.2) is 12.5 Å². The zero-order valence-corrected chi connectivity index (χ0v) is 14.7. The van der Waals surface area contributed by atoms with Crippen LogP contribution in [0.15, 0.2) is 36.4 Å². The van der Waals surface area contributed by atoms with Gasteiger partial charge in [0.05, 0.1) is 17.3 Å². The number of aryl methyl sites for hydroxylation is 1. The predicted octanol–water partition coefficient (Wildman–Crippen LogP) is 5.41. The number of amides is 1. The second kappa shape index (κ2) is 8.23. The Morgan fingerprint density at radius 3 is 2.70 bits per heavy atom. The van der Waals surface area contributed by atoms with Crippen LogP contribution in [0.5, 0.6) is 5.75 Å². The van der Waals surface area contributed by atoms with Gasteiger partial charge in [0, 0.05) is 11.4 Å². The zero-order chi connectivity index (χ0) is 16.8. The van der Waals surface area contributed by atoms with E-state index in [1.54, 1.807) is 18.2 Å². The first kappa shape index (κ1) is 17.6. The van der Waals surface area contributed by atoms with E-state index in [0.29, 0.717) is 35.2 Å². The fraction of sp³-hybridized carbons (Fsp3) is 0.278. The van der Waals surface area contributed by atoms with Gasteiger partial charge in [-0.3, -0.25) is 4.79 Å². The van der Waals surface area contributed by atoms with Crippen molar-refractivity contribution in [2.45, 2.75) is 26.7 Å². The van der Waals surface area contributed by atoms with Crippen LogP contribution >= 0.6 is 23.2 Å². The number of carbonyl (C=O) groups is 1. The molecule has 0 fully saturated rings. The number of benzene rings is 2. The number of carbonyl (C=O) groups excluding carboxylic acids is 1. The first-order valence-corrected chi connectivity index (χ1v) is 8.17. The van der Waals surface area contributed by atoms with Gasteiger partial charge in [-0.1, -0.05) is 35.3 Å². The number of hydrogen-bond donors (Lipinski definition) is 1. The van der Waals surface area contributed by atoms with Crippen LogP contribution < -0.4 is 10.1 Å². The third kappa shape index (κ3) is 5.15. The van der Waals surface area contributed by atoms with E-state index in [0.717, 1.165) is 11.3 Å². The summed E-state index contributed by atoms with van der Waals surface area (Å²) in [5, 5.41) is 3.74. The molecule has 0 atom stereocenters. The summed E-state index contributed by atoms with van der Waals surface area (Å²) in [6.07, 6.45) is 0.994. The van der Waals surface area contributed by atoms with Gasteiger partial charge in [-0.25, -0.2) is 0 Å². The van der Waals surface area contributed by atoms with Gasteiger partial charge in [0.15, 0.2) is 0 Å². The molecule has 0 radical (unpaired) electrons. The predicted molar refractivity (Wildman–Crippen MR) is 95.7 cm³/mol. The zero-order valence-electron chi connectivity index (χ0n) is 13.2. The van der Waals surface area contributed by atoms with Crippen molar-refractivity contribution in [1.29, 1.82) is 0 Å². The standard InChI is InChI=1S/C18H19Cl2NO2/c1-12-5-3-6-17(13(12)2)23-10-4-7-18(22)21-16-9-8-14(19)11-15(16)20/h3,5-6,8-9,11H,4,7,10H2,1-2H3,(H,21,22). The summed E-state index contributed by atoms with van der Waals surface area (Å²) in [5.41, 5.74) is 2.89. The number of anilines is 1. The SMILES string of the molecule is Cc1cccc(OCCCC(=O)Nc2ccc(Cl)cc2Cl)c1C. The van der Waals surface area contributed by atoms with Gasteiger partial charge < -0.3 is 10.1 Å². The summed E-state index contributed by atoms with van der Waals surface area (Å²) in [4.78, 5) is 11.9. The molecule has 0 aliphatic heterocycles. The molecule has 0 saturated heterocycles. The lowest BCUT2D eigenvalue weighted by Gasteiger charge is -2.11. The molecule has 0 unspecified atom stereocenters. The molecule has 122 valence electrons. The van der Waals surface area contributed by atoms with E-state index in [2.05, 4.69) is 5.32 Å². The van der Waals surface area contributed by atoms with Gasteiger partial charge in [-0.15, -0.1) is 0 Å². The highest BCUT2D eigenvalue weighted by molar-refractivity contribution is 6.36. The van der Waals surface area contributed by atoms with Crippen molar-refractivity contribution in [3.05, 3.63) is 57.6 Å². The fourth-order valence-corrected chi connectivity index (χ4v) is 2.55. The molecule has 23 heavy (non-hydrogen) atoms. The summed E-state index contributed by atoms with van der Waals surface area (Å²) in [5.74, 6) is 0.768. The Labute approximate surface area is 146 Å². The molecular formula is C18H19Cl2NO2. The first-order valence-electron chi connectivity index (χ1n) is 7.41. The van der Waals surface area contributed by atoms with E-state index in [-0.39, 0.29) is 5.91 Å². The minimum absolute atomic E-state index is 0.0983. The Bertz CT molecular complexity index is 701. The largest absolute Gasteiger partial charge is 0.493 e. The average molecular weight is 352 g/mol. The minimum Gasteiger partial charge on any atom is -0.493 e. The minimum atomic E-state index is -0.0983. The lowest BCUT2D eigenvalue weighted by Crippen LogP contribution is -2.13. The first-order chi connectivity index (χ1) is 11.0. The lowest BCUT2D eigenvalue weighted by molar-refractivity contribution is -0.116. The van der Waals surface area contributed by atoms with Gasteiger partial charge >= 0.3 is 0 Å². The van der Waals surface area contributed by atoms with Crippen molar-refractivity contribution in [1.82, 2.24) is 0 Å². The molecule has 2 rings (SSSR count). The molecular weight excluding hydrogens is 333 g/mol. The van der Waals surface area contributed by atoms with E-state index < -0.39 is 0 Å². The van der Waals surface area contributed by atoms with Gasteiger partial charge in [0.1, 0.15) is 5.75 Å². The maximum Gasteiger partial charge on any atom is 0.224 e. The van der Waals surface area contributed by atoms with Crippen molar-refractivity contribution in [3.63, 3.8) is 0 Å². The Hall–Kier alpha value is -1.71. The van der Waals surface area contributed by atoms with Crippen molar-refractivity contribution >= 4 is 34.8 Å². The Balaban J connectivity index is 1.78. The van der Waals surface area contributed by atoms with Crippen molar-refractivity contribution in [3.8, 4) is 5.75 Å². The highest BCUT2D eigenvalue weighted by Gasteiger charge is 2.07. The Kier molecular flexibility index (Phi) is 6.31. The van der Waals surface area contributed by atoms with Crippen molar-refractivity contribution < 1.29 is 9.53 Å². The van der Waals surface area contributed by atoms with Gasteiger partial charge in [0.25, 0.3) is 0 Å². The quantitative estimate of drug-likeness (QED) is 0.706. The van der Waals surface area contributed by atoms with E-state index in [1.165, 1.54) is 5.56 Å². The van der Waals surface area contributed by atoms with E-state index in [9.17, 15) is 4.79 Å². The van der Waals surface area contributed by atoms with Crippen LogP contribution in [-0.2, 0) is 4.79 Å². The molecule has 3 nitrogen and oxygen atoms in total. The topological polar surface area (TPSA) is 38.3 Å². The van der Waals surface area contributed by atoms with Crippen molar-refractivity contribution in [2.24, 2.45) is 0 Å². The fourth-order valence-electron chi connectivity index (χ4n) is 2.10. The highest BCUT2D eigenvalue weighted by Crippen LogP contribution is 2.25. The molecule has 2 aromatic rings. The summed E-state index contributed by atoms with van der Waals surface area (Å²) >= 11 is 11.8. The number of halogens is 2. The van der Waals surface area contributed by atoms with Crippen LogP contribution in [0.1, 0.15) is 24.0 Å². The van der Waals surface area contributed by atoms with Crippen LogP contribution in [0.3, 0.4) is 0 Å². The van der Waals surface area contributed by atoms with Crippen LogP contribution in [0.4, 0.5) is 5.69 Å². The van der Waals surface area contributed by atoms with Crippen molar-refractivity contribution in [2.75, 3.05) is 11.9 Å². The average Bonchev–Trinajstić information content (AvgIpc) is 2.50. The second-order valence-electron chi connectivity index (χ2n) is 5.32. The van der Waals surface area contributed by atoms with Crippen LogP contribution in [0.2, 0.25) is 10.0 Å². The Morgan fingerprint density at radius 2 is 1.96 bits per heavy atom. The lowest BCUT2D eigenvalue weighted by atomic mass is 10.1. The van der Waals surface area contributed by atoms with Gasteiger partial charge in [0.2, 0.25) is 5.91 Å². The number of nitrogens with one attached hydrogen (secondary N) is 1. The summed E-state index contributed by atoms with van der Waals surface area (Å²) in [7, 11) is 0. The molecule has 0 bridgehead atoms. The smallest absolute Gasteiger partial charge is 0.224 e. The third-order valence-corrected chi connectivity index (χ3v) is 4.11. The highest BCUT2D eigenvalue weighted by atomic mass is 35.5. The number of ether oxygens (including phenoxy) is 1. The molecule has 0 heterocycles. The molecule has 1 amide bonds. The van der Waals surface area contributed by atoms with Crippen LogP contribution in [0.25, 0.3) is 0 Å². The summed E-state index contributed by atoms with van der Waals surface area (Å²) in [6.45, 7) is 4.57. The molecule has 0 aliphatic rings. The molecule has 1 N–H and O–H groups in total. The monoisotopic (exact) mass is 351 g/mol. The van der Waals surface area contributed by atoms with E-state index in [1.807, 2.05) is 32.0 Å². The maximum atomic E-state index is 11.9. The summed E-state index contributed by atoms with van der Waals surface area (Å²) < 4.78 is 5.73. The second-order valence-corrected chi connectivity index (χ2v) is 6.17. The maximum absolute atomic E-state index is 11.9. The molecule has 0 spiro atoms. The molecule has 0 aliphatic carbocycles.